The normalized spacial score (nSPS) is 36.8. The molecule has 0 radical (unpaired) electrons. The molecule has 0 saturated carbocycles. The van der Waals surface area contributed by atoms with Crippen molar-refractivity contribution in [2.75, 3.05) is 13.2 Å². The standard InChI is InChI=1S/C9H15NO3/c1-9(2)10-7(5-13-9)6(4-11)3-8(10)12/h6-7,11H,3-5H2,1-2H3. The Balaban J connectivity index is 2.24. The molecule has 0 aromatic heterocycles. The molecule has 0 aromatic carbocycles. The maximum Gasteiger partial charge on any atom is 0.225 e. The van der Waals surface area contributed by atoms with Gasteiger partial charge in [0, 0.05) is 18.9 Å². The highest BCUT2D eigenvalue weighted by Crippen LogP contribution is 2.38. The van der Waals surface area contributed by atoms with Gasteiger partial charge >= 0.3 is 0 Å². The van der Waals surface area contributed by atoms with Crippen molar-refractivity contribution in [3.05, 3.63) is 0 Å². The van der Waals surface area contributed by atoms with E-state index in [4.69, 9.17) is 9.84 Å². The summed E-state index contributed by atoms with van der Waals surface area (Å²) >= 11 is 0. The number of hydrogen-bond donors (Lipinski definition) is 1. The van der Waals surface area contributed by atoms with E-state index in [0.717, 1.165) is 0 Å². The molecule has 2 aliphatic heterocycles. The first-order valence-corrected chi connectivity index (χ1v) is 4.63. The second kappa shape index (κ2) is 2.69. The van der Waals surface area contributed by atoms with Gasteiger partial charge in [-0.2, -0.15) is 0 Å². The Labute approximate surface area is 77.5 Å². The van der Waals surface area contributed by atoms with Gasteiger partial charge in [-0.1, -0.05) is 0 Å². The molecule has 0 aromatic rings. The third kappa shape index (κ3) is 1.16. The summed E-state index contributed by atoms with van der Waals surface area (Å²) in [6.45, 7) is 4.42. The first kappa shape index (κ1) is 8.97. The zero-order valence-corrected chi connectivity index (χ0v) is 7.99. The molecule has 4 nitrogen and oxygen atoms in total. The topological polar surface area (TPSA) is 49.8 Å². The maximum absolute atomic E-state index is 11.6. The van der Waals surface area contributed by atoms with Crippen LogP contribution >= 0.6 is 0 Å². The summed E-state index contributed by atoms with van der Waals surface area (Å²) in [5.74, 6) is 0.167. The van der Waals surface area contributed by atoms with Crippen molar-refractivity contribution in [2.45, 2.75) is 32.0 Å². The number of ether oxygens (including phenoxy) is 1. The monoisotopic (exact) mass is 185 g/mol. The Morgan fingerprint density at radius 3 is 3.00 bits per heavy atom. The van der Waals surface area contributed by atoms with Crippen molar-refractivity contribution in [1.82, 2.24) is 4.90 Å². The summed E-state index contributed by atoms with van der Waals surface area (Å²) in [6, 6.07) is 0.0903. The van der Waals surface area contributed by atoms with Gasteiger partial charge in [-0.25, -0.2) is 0 Å². The van der Waals surface area contributed by atoms with E-state index in [1.165, 1.54) is 0 Å². The van der Waals surface area contributed by atoms with Crippen molar-refractivity contribution < 1.29 is 14.6 Å². The molecule has 1 N–H and O–H groups in total. The van der Waals surface area contributed by atoms with Gasteiger partial charge in [0.1, 0.15) is 5.72 Å². The van der Waals surface area contributed by atoms with E-state index in [1.807, 2.05) is 13.8 Å². The summed E-state index contributed by atoms with van der Waals surface area (Å²) in [7, 11) is 0. The zero-order valence-electron chi connectivity index (χ0n) is 7.99. The maximum atomic E-state index is 11.6. The smallest absolute Gasteiger partial charge is 0.225 e. The van der Waals surface area contributed by atoms with E-state index in [0.29, 0.717) is 13.0 Å². The van der Waals surface area contributed by atoms with Crippen molar-refractivity contribution >= 4 is 5.91 Å². The van der Waals surface area contributed by atoms with Crippen molar-refractivity contribution in [2.24, 2.45) is 5.92 Å². The Hall–Kier alpha value is -0.610. The second-order valence-electron chi connectivity index (χ2n) is 4.24. The molecule has 13 heavy (non-hydrogen) atoms. The Kier molecular flexibility index (Phi) is 1.85. The molecule has 2 aliphatic rings. The van der Waals surface area contributed by atoms with Gasteiger partial charge < -0.3 is 14.7 Å². The Morgan fingerprint density at radius 1 is 1.69 bits per heavy atom. The average Bonchev–Trinajstić information content (AvgIpc) is 2.53. The van der Waals surface area contributed by atoms with Crippen LogP contribution < -0.4 is 0 Å². The molecule has 0 aliphatic carbocycles. The highest BCUT2D eigenvalue weighted by atomic mass is 16.5. The lowest BCUT2D eigenvalue weighted by Gasteiger charge is -2.29. The summed E-state index contributed by atoms with van der Waals surface area (Å²) in [4.78, 5) is 13.3. The predicted octanol–water partition coefficient (Wildman–Crippen LogP) is -0.0379. The average molecular weight is 185 g/mol. The molecule has 4 heteroatoms. The number of amides is 1. The largest absolute Gasteiger partial charge is 0.396 e. The SMILES string of the molecule is CC1(C)OCC2C(CO)CC(=O)N21. The molecule has 0 bridgehead atoms. The number of carbonyl (C=O) groups excluding carboxylic acids is 1. The van der Waals surface area contributed by atoms with Gasteiger partial charge in [0.05, 0.1) is 12.6 Å². The lowest BCUT2D eigenvalue weighted by atomic mass is 10.0. The highest BCUT2D eigenvalue weighted by Gasteiger charge is 2.51. The van der Waals surface area contributed by atoms with Crippen LogP contribution in [0.15, 0.2) is 0 Å². The molecular weight excluding hydrogens is 170 g/mol. The fourth-order valence-electron chi connectivity index (χ4n) is 2.31. The number of aliphatic hydroxyl groups is 1. The van der Waals surface area contributed by atoms with E-state index in [9.17, 15) is 4.79 Å². The summed E-state index contributed by atoms with van der Waals surface area (Å²) < 4.78 is 5.50. The first-order chi connectivity index (χ1) is 6.06. The summed E-state index contributed by atoms with van der Waals surface area (Å²) in [5.41, 5.74) is -0.480. The minimum Gasteiger partial charge on any atom is -0.396 e. The first-order valence-electron chi connectivity index (χ1n) is 4.63. The number of nitrogens with zero attached hydrogens (tertiary/aromatic N) is 1. The van der Waals surface area contributed by atoms with Crippen LogP contribution in [0.1, 0.15) is 20.3 Å². The van der Waals surface area contributed by atoms with Gasteiger partial charge in [0.25, 0.3) is 0 Å². The lowest BCUT2D eigenvalue weighted by molar-refractivity contribution is -0.141. The van der Waals surface area contributed by atoms with E-state index in [1.54, 1.807) is 4.90 Å². The fraction of sp³-hybridized carbons (Fsp3) is 0.889. The lowest BCUT2D eigenvalue weighted by Crippen LogP contribution is -2.44. The summed E-state index contributed by atoms with van der Waals surface area (Å²) in [6.07, 6.45) is 0.466. The number of carbonyl (C=O) groups is 1. The van der Waals surface area contributed by atoms with Crippen molar-refractivity contribution in [3.8, 4) is 0 Å². The minimum atomic E-state index is -0.480. The number of hydrogen-bond acceptors (Lipinski definition) is 3. The van der Waals surface area contributed by atoms with Crippen LogP contribution in [0.3, 0.4) is 0 Å². The van der Waals surface area contributed by atoms with Crippen LogP contribution in [0.25, 0.3) is 0 Å². The van der Waals surface area contributed by atoms with Gasteiger partial charge in [-0.3, -0.25) is 4.79 Å². The van der Waals surface area contributed by atoms with E-state index in [2.05, 4.69) is 0 Å². The predicted molar refractivity (Wildman–Crippen MR) is 45.9 cm³/mol. The molecule has 2 rings (SSSR count). The molecule has 2 saturated heterocycles. The van der Waals surface area contributed by atoms with Crippen LogP contribution in [0.4, 0.5) is 0 Å². The van der Waals surface area contributed by atoms with Crippen LogP contribution in [0.5, 0.6) is 0 Å². The molecule has 1 amide bonds. The molecule has 2 heterocycles. The van der Waals surface area contributed by atoms with Crippen LogP contribution in [0.2, 0.25) is 0 Å². The van der Waals surface area contributed by atoms with Crippen LogP contribution in [0, 0.1) is 5.92 Å². The van der Waals surface area contributed by atoms with Gasteiger partial charge in [0.15, 0.2) is 0 Å². The number of fused-ring (bicyclic) bond motifs is 1. The van der Waals surface area contributed by atoms with Crippen molar-refractivity contribution in [3.63, 3.8) is 0 Å². The van der Waals surface area contributed by atoms with Crippen LogP contribution in [-0.2, 0) is 9.53 Å². The molecule has 0 spiro atoms. The summed E-state index contributed by atoms with van der Waals surface area (Å²) in [5, 5.41) is 9.07. The zero-order chi connectivity index (χ0) is 9.64. The van der Waals surface area contributed by atoms with E-state index < -0.39 is 5.72 Å². The molecule has 74 valence electrons. The van der Waals surface area contributed by atoms with E-state index >= 15 is 0 Å². The Morgan fingerprint density at radius 2 is 2.38 bits per heavy atom. The minimum absolute atomic E-state index is 0.0641. The Bertz CT molecular complexity index is 239. The highest BCUT2D eigenvalue weighted by molar-refractivity contribution is 5.80. The molecular formula is C9H15NO3. The quantitative estimate of drug-likeness (QED) is 0.623. The number of rotatable bonds is 1. The van der Waals surface area contributed by atoms with Gasteiger partial charge in [-0.05, 0) is 13.8 Å². The second-order valence-corrected chi connectivity index (χ2v) is 4.24. The molecule has 2 fully saturated rings. The van der Waals surface area contributed by atoms with Crippen LogP contribution in [-0.4, -0.2) is 40.9 Å². The van der Waals surface area contributed by atoms with E-state index in [-0.39, 0.29) is 24.5 Å². The molecule has 2 atom stereocenters. The number of aliphatic hydroxyl groups excluding tert-OH is 1. The van der Waals surface area contributed by atoms with Gasteiger partial charge in [-0.15, -0.1) is 0 Å². The molecule has 2 unspecified atom stereocenters. The third-order valence-corrected chi connectivity index (χ3v) is 3.00. The third-order valence-electron chi connectivity index (χ3n) is 3.00. The van der Waals surface area contributed by atoms with Crippen molar-refractivity contribution in [1.29, 1.82) is 0 Å². The van der Waals surface area contributed by atoms with Gasteiger partial charge in [0.2, 0.25) is 5.91 Å². The fourth-order valence-corrected chi connectivity index (χ4v) is 2.31.